The fraction of sp³-hybridized carbons (Fsp3) is 0.600. The molecule has 0 aromatic rings. The molecule has 2 atom stereocenters. The third-order valence-corrected chi connectivity index (χ3v) is 2.48. The predicted octanol–water partition coefficient (Wildman–Crippen LogP) is -1.81. The summed E-state index contributed by atoms with van der Waals surface area (Å²) in [4.78, 5) is 43.6. The SMILES string of the molecule is NC(CCC(=O)[N-]C(C[S-])C(=O)NCC(=O)O)C(=O)O.[Zn+2]. The number of nitrogens with two attached hydrogens (primary N) is 1. The van der Waals surface area contributed by atoms with Crippen LogP contribution in [-0.4, -0.2) is 58.3 Å². The monoisotopic (exact) mass is 369 g/mol. The number of hydrogen-bond acceptors (Lipinski definition) is 6. The molecule has 114 valence electrons. The van der Waals surface area contributed by atoms with E-state index in [2.05, 4.69) is 23.3 Å². The molecule has 0 rings (SSSR count). The van der Waals surface area contributed by atoms with E-state index in [0.717, 1.165) is 0 Å². The summed E-state index contributed by atoms with van der Waals surface area (Å²) in [5.74, 6) is -4.14. The molecule has 0 fully saturated rings. The van der Waals surface area contributed by atoms with Gasteiger partial charge in [-0.2, -0.15) is 5.75 Å². The van der Waals surface area contributed by atoms with Crippen LogP contribution in [0.15, 0.2) is 0 Å². The normalized spacial score (nSPS) is 12.5. The summed E-state index contributed by atoms with van der Waals surface area (Å²) in [7, 11) is 0. The molecule has 2 amide bonds. The molecule has 9 nitrogen and oxygen atoms in total. The third-order valence-electron chi connectivity index (χ3n) is 2.16. The first-order valence-corrected chi connectivity index (χ1v) is 6.15. The molecular formula is C10H15N3O6SZn. The van der Waals surface area contributed by atoms with Gasteiger partial charge in [0.05, 0.1) is 5.91 Å². The zero-order valence-corrected chi connectivity index (χ0v) is 14.9. The molecule has 0 aromatic heterocycles. The third kappa shape index (κ3) is 10.2. The minimum Gasteiger partial charge on any atom is -0.793 e. The first-order valence-electron chi connectivity index (χ1n) is 5.57. The molecule has 0 aliphatic heterocycles. The molecule has 0 aliphatic rings. The molecule has 11 heteroatoms. The van der Waals surface area contributed by atoms with Crippen LogP contribution in [0.5, 0.6) is 0 Å². The molecule has 21 heavy (non-hydrogen) atoms. The molecule has 0 heterocycles. The van der Waals surface area contributed by atoms with Crippen molar-refractivity contribution in [3.63, 3.8) is 0 Å². The molecule has 0 saturated carbocycles. The Morgan fingerprint density at radius 3 is 2.24 bits per heavy atom. The Balaban J connectivity index is 0. The molecule has 5 N–H and O–H groups in total. The van der Waals surface area contributed by atoms with Crippen LogP contribution < -0.4 is 11.1 Å². The van der Waals surface area contributed by atoms with Crippen LogP contribution in [0.2, 0.25) is 0 Å². The zero-order chi connectivity index (χ0) is 15.7. The van der Waals surface area contributed by atoms with Gasteiger partial charge in [0.15, 0.2) is 0 Å². The number of amides is 2. The molecule has 0 aliphatic carbocycles. The maximum Gasteiger partial charge on any atom is 2.00 e. The Morgan fingerprint density at radius 1 is 1.24 bits per heavy atom. The fourth-order valence-corrected chi connectivity index (χ4v) is 1.32. The van der Waals surface area contributed by atoms with Gasteiger partial charge in [0.25, 0.3) is 0 Å². The second-order valence-corrected chi connectivity index (χ2v) is 4.13. The maximum atomic E-state index is 11.5. The standard InChI is InChI=1S/C10H17N3O6S.Zn/c11-5(10(18)19)1-2-7(14)13-6(4-20)9(17)12-3-8(15)16;/h5-6H,1-4,11H2,(H5,12,13,14,15,16,17,18,19,20);/q;+2/p-2. The van der Waals surface area contributed by atoms with Crippen LogP contribution in [-0.2, 0) is 51.3 Å². The Hall–Kier alpha value is -1.19. The van der Waals surface area contributed by atoms with E-state index < -0.39 is 42.4 Å². The Labute approximate surface area is 139 Å². The van der Waals surface area contributed by atoms with Crippen molar-refractivity contribution in [1.82, 2.24) is 5.32 Å². The van der Waals surface area contributed by atoms with Gasteiger partial charge in [-0.3, -0.25) is 14.4 Å². The second kappa shape index (κ2) is 11.5. The van der Waals surface area contributed by atoms with Crippen molar-refractivity contribution in [2.45, 2.75) is 24.9 Å². The summed E-state index contributed by atoms with van der Waals surface area (Å²) in [5, 5.41) is 22.5. The Morgan fingerprint density at radius 2 is 1.81 bits per heavy atom. The van der Waals surface area contributed by atoms with Gasteiger partial charge in [0.1, 0.15) is 12.6 Å². The van der Waals surface area contributed by atoms with E-state index in [-0.39, 0.29) is 38.1 Å². The summed E-state index contributed by atoms with van der Waals surface area (Å²) in [6.45, 7) is -0.599. The van der Waals surface area contributed by atoms with Crippen LogP contribution in [0, 0.1) is 0 Å². The largest absolute Gasteiger partial charge is 2.00 e. The number of carboxylic acids is 2. The van der Waals surface area contributed by atoms with Crippen molar-refractivity contribution in [2.75, 3.05) is 12.3 Å². The number of carbonyl (C=O) groups excluding carboxylic acids is 2. The van der Waals surface area contributed by atoms with Crippen LogP contribution in [0.1, 0.15) is 12.8 Å². The number of rotatable bonds is 9. The van der Waals surface area contributed by atoms with Crippen molar-refractivity contribution in [2.24, 2.45) is 5.73 Å². The van der Waals surface area contributed by atoms with Crippen molar-refractivity contribution in [1.29, 1.82) is 0 Å². The first kappa shape index (κ1) is 22.1. The van der Waals surface area contributed by atoms with E-state index >= 15 is 0 Å². The van der Waals surface area contributed by atoms with E-state index in [4.69, 9.17) is 15.9 Å². The van der Waals surface area contributed by atoms with Gasteiger partial charge in [-0.05, 0) is 12.8 Å². The topological polar surface area (TPSA) is 161 Å². The van der Waals surface area contributed by atoms with Crippen LogP contribution in [0.25, 0.3) is 5.32 Å². The maximum absolute atomic E-state index is 11.5. The smallest absolute Gasteiger partial charge is 0.793 e. The second-order valence-electron chi connectivity index (χ2n) is 3.80. The molecule has 0 bridgehead atoms. The summed E-state index contributed by atoms with van der Waals surface area (Å²) in [5.41, 5.74) is 5.21. The van der Waals surface area contributed by atoms with Gasteiger partial charge < -0.3 is 44.0 Å². The zero-order valence-electron chi connectivity index (χ0n) is 11.2. The molecule has 0 aromatic carbocycles. The van der Waals surface area contributed by atoms with E-state index in [1.165, 1.54) is 0 Å². The minimum absolute atomic E-state index is 0. The van der Waals surface area contributed by atoms with E-state index in [1.54, 1.807) is 0 Å². The predicted molar refractivity (Wildman–Crippen MR) is 69.9 cm³/mol. The van der Waals surface area contributed by atoms with Gasteiger partial charge in [-0.25, -0.2) is 0 Å². The first-order chi connectivity index (χ1) is 9.27. The molecule has 0 spiro atoms. The average Bonchev–Trinajstić information content (AvgIpc) is 2.38. The number of carboxylic acid groups (broad SMARTS) is 2. The fourth-order valence-electron chi connectivity index (χ4n) is 1.09. The van der Waals surface area contributed by atoms with Crippen molar-refractivity contribution < 1.29 is 48.9 Å². The number of hydrogen-bond donors (Lipinski definition) is 4. The number of aliphatic carboxylic acids is 2. The van der Waals surface area contributed by atoms with Crippen LogP contribution in [0.3, 0.4) is 0 Å². The van der Waals surface area contributed by atoms with Gasteiger partial charge in [0, 0.05) is 0 Å². The van der Waals surface area contributed by atoms with E-state index in [1.807, 2.05) is 0 Å². The molecule has 0 radical (unpaired) electrons. The molecule has 2 unspecified atom stereocenters. The van der Waals surface area contributed by atoms with Crippen molar-refractivity contribution >= 4 is 36.4 Å². The van der Waals surface area contributed by atoms with Crippen LogP contribution >= 0.6 is 0 Å². The van der Waals surface area contributed by atoms with Crippen LogP contribution in [0.4, 0.5) is 0 Å². The van der Waals surface area contributed by atoms with Gasteiger partial charge in [-0.15, -0.1) is 0 Å². The number of carbonyl (C=O) groups is 4. The van der Waals surface area contributed by atoms with Crippen molar-refractivity contribution in [3.8, 4) is 0 Å². The summed E-state index contributed by atoms with van der Waals surface area (Å²) >= 11 is 4.65. The van der Waals surface area contributed by atoms with E-state index in [9.17, 15) is 19.2 Å². The van der Waals surface area contributed by atoms with Gasteiger partial charge in [0.2, 0.25) is 5.91 Å². The summed E-state index contributed by atoms with van der Waals surface area (Å²) in [6.07, 6.45) is -0.343. The molecular weight excluding hydrogens is 356 g/mol. The Kier molecular flexibility index (Phi) is 12.1. The average molecular weight is 371 g/mol. The minimum atomic E-state index is -1.24. The van der Waals surface area contributed by atoms with E-state index in [0.29, 0.717) is 0 Å². The number of nitrogens with zero attached hydrogens (tertiary/aromatic N) is 1. The quantitative estimate of drug-likeness (QED) is 0.273. The van der Waals surface area contributed by atoms with Gasteiger partial charge >= 0.3 is 31.4 Å². The van der Waals surface area contributed by atoms with Crippen molar-refractivity contribution in [3.05, 3.63) is 5.32 Å². The Bertz CT molecular complexity index is 395. The summed E-state index contributed by atoms with van der Waals surface area (Å²) < 4.78 is 0. The molecule has 0 saturated heterocycles. The number of nitrogens with one attached hydrogen (secondary N) is 1. The van der Waals surface area contributed by atoms with Gasteiger partial charge in [-0.1, -0.05) is 6.04 Å². The summed E-state index contributed by atoms with van der Waals surface area (Å²) in [6, 6.07) is -2.35.